The van der Waals surface area contributed by atoms with E-state index in [9.17, 15) is 18.4 Å². The van der Waals surface area contributed by atoms with Gasteiger partial charge in [-0.3, -0.25) is 9.59 Å². The maximum atomic E-state index is 12.5. The molecule has 1 N–H and O–H groups in total. The summed E-state index contributed by atoms with van der Waals surface area (Å²) in [4.78, 5) is 26.2. The zero-order chi connectivity index (χ0) is 20.3. The number of alkyl halides is 2. The van der Waals surface area contributed by atoms with Gasteiger partial charge in [-0.05, 0) is 35.9 Å². The first-order valence-corrected chi connectivity index (χ1v) is 9.16. The molecule has 2 aromatic carbocycles. The zero-order valence-corrected chi connectivity index (χ0v) is 16.0. The van der Waals surface area contributed by atoms with Crippen molar-refractivity contribution in [3.8, 4) is 5.75 Å². The van der Waals surface area contributed by atoms with E-state index in [1.165, 1.54) is 23.1 Å². The Bertz CT molecular complexity index is 895. The number of nitrogens with zero attached hydrogens (tertiary/aromatic N) is 1. The molecule has 148 valence electrons. The second-order valence-electron chi connectivity index (χ2n) is 6.23. The predicted octanol–water partition coefficient (Wildman–Crippen LogP) is 4.26. The van der Waals surface area contributed by atoms with Crippen LogP contribution in [0.3, 0.4) is 0 Å². The molecule has 0 saturated carbocycles. The fraction of sp³-hybridized carbons (Fsp3) is 0.263. The maximum absolute atomic E-state index is 12.5. The summed E-state index contributed by atoms with van der Waals surface area (Å²) in [5.74, 6) is -1.18. The van der Waals surface area contributed by atoms with Gasteiger partial charge in [0.2, 0.25) is 11.8 Å². The first-order valence-electron chi connectivity index (χ1n) is 8.40. The topological polar surface area (TPSA) is 58.6 Å². The van der Waals surface area contributed by atoms with Gasteiger partial charge in [0.05, 0.1) is 5.92 Å². The van der Waals surface area contributed by atoms with Gasteiger partial charge in [0, 0.05) is 41.3 Å². The molecule has 0 radical (unpaired) electrons. The Hall–Kier alpha value is -2.38. The quantitative estimate of drug-likeness (QED) is 0.747. The van der Waals surface area contributed by atoms with Gasteiger partial charge in [-0.15, -0.1) is 0 Å². The van der Waals surface area contributed by atoms with Crippen LogP contribution in [0.1, 0.15) is 12.0 Å². The number of halogens is 4. The standard InChI is InChI=1S/C19H16Cl2F2N2O3/c20-13-4-5-16(21)11(6-13)9-24-18(27)12-7-17(26)25(10-12)14-2-1-3-15(8-14)28-19(22)23/h1-6,8,12,19H,7,9-10H2,(H,24,27). The van der Waals surface area contributed by atoms with Crippen LogP contribution in [0.2, 0.25) is 10.0 Å². The summed E-state index contributed by atoms with van der Waals surface area (Å²) in [7, 11) is 0. The Morgan fingerprint density at radius 1 is 1.25 bits per heavy atom. The molecule has 0 aliphatic carbocycles. The highest BCUT2D eigenvalue weighted by Crippen LogP contribution is 2.29. The van der Waals surface area contributed by atoms with Crippen LogP contribution >= 0.6 is 23.2 Å². The Morgan fingerprint density at radius 3 is 2.79 bits per heavy atom. The zero-order valence-electron chi connectivity index (χ0n) is 14.5. The summed E-state index contributed by atoms with van der Waals surface area (Å²) >= 11 is 12.0. The van der Waals surface area contributed by atoms with E-state index in [0.717, 1.165) is 0 Å². The molecule has 5 nitrogen and oxygen atoms in total. The van der Waals surface area contributed by atoms with Gasteiger partial charge in [0.15, 0.2) is 0 Å². The monoisotopic (exact) mass is 428 g/mol. The summed E-state index contributed by atoms with van der Waals surface area (Å²) in [6, 6.07) is 10.8. The molecule has 1 fully saturated rings. The number of carbonyl (C=O) groups is 2. The first-order chi connectivity index (χ1) is 13.3. The minimum atomic E-state index is -2.96. The number of ether oxygens (including phenoxy) is 1. The van der Waals surface area contributed by atoms with Crippen LogP contribution in [0.25, 0.3) is 0 Å². The lowest BCUT2D eigenvalue weighted by molar-refractivity contribution is -0.126. The van der Waals surface area contributed by atoms with Crippen molar-refractivity contribution in [2.24, 2.45) is 5.92 Å². The van der Waals surface area contributed by atoms with Gasteiger partial charge in [0.25, 0.3) is 0 Å². The number of carbonyl (C=O) groups excluding carboxylic acids is 2. The number of hydrogen-bond donors (Lipinski definition) is 1. The fourth-order valence-corrected chi connectivity index (χ4v) is 3.34. The lowest BCUT2D eigenvalue weighted by atomic mass is 10.1. The van der Waals surface area contributed by atoms with Crippen molar-refractivity contribution in [2.45, 2.75) is 19.6 Å². The second kappa shape index (κ2) is 8.75. The van der Waals surface area contributed by atoms with E-state index in [4.69, 9.17) is 23.2 Å². The molecule has 9 heteroatoms. The SMILES string of the molecule is O=C(NCc1cc(Cl)ccc1Cl)C1CC(=O)N(c2cccc(OC(F)F)c2)C1. The molecule has 2 aromatic rings. The molecule has 1 saturated heterocycles. The van der Waals surface area contributed by atoms with E-state index in [2.05, 4.69) is 10.1 Å². The molecule has 0 aromatic heterocycles. The van der Waals surface area contributed by atoms with Crippen LogP contribution < -0.4 is 15.0 Å². The normalized spacial score (nSPS) is 16.5. The van der Waals surface area contributed by atoms with E-state index in [-0.39, 0.29) is 37.1 Å². The van der Waals surface area contributed by atoms with Crippen molar-refractivity contribution >= 4 is 40.7 Å². The lowest BCUT2D eigenvalue weighted by Gasteiger charge is -2.18. The molecule has 1 atom stereocenters. The lowest BCUT2D eigenvalue weighted by Crippen LogP contribution is -2.32. The van der Waals surface area contributed by atoms with Gasteiger partial charge in [-0.2, -0.15) is 8.78 Å². The maximum Gasteiger partial charge on any atom is 0.387 e. The van der Waals surface area contributed by atoms with Gasteiger partial charge in [-0.1, -0.05) is 29.3 Å². The average molecular weight is 429 g/mol. The Morgan fingerprint density at radius 2 is 2.04 bits per heavy atom. The van der Waals surface area contributed by atoms with Crippen LogP contribution in [0, 0.1) is 5.92 Å². The van der Waals surface area contributed by atoms with Gasteiger partial charge >= 0.3 is 6.61 Å². The molecular weight excluding hydrogens is 413 g/mol. The van der Waals surface area contributed by atoms with Crippen molar-refractivity contribution in [3.05, 3.63) is 58.1 Å². The smallest absolute Gasteiger partial charge is 0.387 e. The third kappa shape index (κ3) is 4.91. The molecule has 0 spiro atoms. The van der Waals surface area contributed by atoms with E-state index < -0.39 is 12.5 Å². The molecule has 28 heavy (non-hydrogen) atoms. The highest BCUT2D eigenvalue weighted by atomic mass is 35.5. The largest absolute Gasteiger partial charge is 0.435 e. The van der Waals surface area contributed by atoms with Crippen LogP contribution in [0.5, 0.6) is 5.75 Å². The second-order valence-corrected chi connectivity index (χ2v) is 7.08. The van der Waals surface area contributed by atoms with Gasteiger partial charge < -0.3 is 15.0 Å². The van der Waals surface area contributed by atoms with Crippen molar-refractivity contribution in [1.82, 2.24) is 5.32 Å². The molecular formula is C19H16Cl2F2N2O3. The molecule has 1 aliphatic rings. The summed E-state index contributed by atoms with van der Waals surface area (Å²) in [6.07, 6.45) is 0.0229. The van der Waals surface area contributed by atoms with Crippen LogP contribution in [0.4, 0.5) is 14.5 Å². The number of hydrogen-bond acceptors (Lipinski definition) is 3. The summed E-state index contributed by atoms with van der Waals surface area (Å²) in [5.41, 5.74) is 1.07. The predicted molar refractivity (Wildman–Crippen MR) is 102 cm³/mol. The van der Waals surface area contributed by atoms with Crippen molar-refractivity contribution in [3.63, 3.8) is 0 Å². The fourth-order valence-electron chi connectivity index (χ4n) is 2.97. The highest BCUT2D eigenvalue weighted by Gasteiger charge is 2.35. The Kier molecular flexibility index (Phi) is 6.36. The average Bonchev–Trinajstić information content (AvgIpc) is 3.04. The first kappa shape index (κ1) is 20.4. The molecule has 1 aliphatic heterocycles. The van der Waals surface area contributed by atoms with Gasteiger partial charge in [-0.25, -0.2) is 0 Å². The number of amides is 2. The van der Waals surface area contributed by atoms with Crippen molar-refractivity contribution in [1.29, 1.82) is 0 Å². The van der Waals surface area contributed by atoms with Crippen molar-refractivity contribution < 1.29 is 23.1 Å². The molecule has 3 rings (SSSR count). The van der Waals surface area contributed by atoms with E-state index >= 15 is 0 Å². The van der Waals surface area contributed by atoms with Crippen molar-refractivity contribution in [2.75, 3.05) is 11.4 Å². The summed E-state index contributed by atoms with van der Waals surface area (Å²) in [6.45, 7) is -2.63. The molecule has 2 amide bonds. The minimum absolute atomic E-state index is 0.0229. The molecule has 1 heterocycles. The van der Waals surface area contributed by atoms with Crippen LogP contribution in [-0.4, -0.2) is 25.0 Å². The molecule has 1 unspecified atom stereocenters. The minimum Gasteiger partial charge on any atom is -0.435 e. The van der Waals surface area contributed by atoms with Gasteiger partial charge in [0.1, 0.15) is 5.75 Å². The Labute approximate surface area is 170 Å². The van der Waals surface area contributed by atoms with Crippen LogP contribution in [0.15, 0.2) is 42.5 Å². The van der Waals surface area contributed by atoms with E-state index in [1.807, 2.05) is 0 Å². The molecule has 0 bridgehead atoms. The number of rotatable bonds is 6. The number of anilines is 1. The van der Waals surface area contributed by atoms with Crippen LogP contribution in [-0.2, 0) is 16.1 Å². The number of nitrogens with one attached hydrogen (secondary N) is 1. The van der Waals surface area contributed by atoms with E-state index in [1.54, 1.807) is 24.3 Å². The number of benzene rings is 2. The van der Waals surface area contributed by atoms with E-state index in [0.29, 0.717) is 21.3 Å². The third-order valence-corrected chi connectivity index (χ3v) is 4.91. The summed E-state index contributed by atoms with van der Waals surface area (Å²) in [5, 5.41) is 3.73. The highest BCUT2D eigenvalue weighted by molar-refractivity contribution is 6.33. The third-order valence-electron chi connectivity index (χ3n) is 4.31. The Balaban J connectivity index is 1.63. The summed E-state index contributed by atoms with van der Waals surface area (Å²) < 4.78 is 29.1.